The number of carbonyl (C=O) groups excluding carboxylic acids is 2. The first-order chi connectivity index (χ1) is 21.9. The number of carbonyl (C=O) groups is 2. The number of amides is 1. The molecule has 0 aliphatic carbocycles. The summed E-state index contributed by atoms with van der Waals surface area (Å²) in [6.07, 6.45) is -0.869. The second-order valence-corrected chi connectivity index (χ2v) is 12.0. The lowest BCUT2D eigenvalue weighted by atomic mass is 10.0. The second-order valence-electron chi connectivity index (χ2n) is 11.0. The van der Waals surface area contributed by atoms with Crippen molar-refractivity contribution in [1.29, 1.82) is 0 Å². The van der Waals surface area contributed by atoms with Gasteiger partial charge in [-0.3, -0.25) is 9.59 Å². The van der Waals surface area contributed by atoms with Gasteiger partial charge in [-0.15, -0.1) is 0 Å². The number of alkyl halides is 3. The van der Waals surface area contributed by atoms with Gasteiger partial charge in [-0.05, 0) is 72.7 Å². The van der Waals surface area contributed by atoms with E-state index in [0.29, 0.717) is 60.8 Å². The number of ketones is 1. The van der Waals surface area contributed by atoms with Crippen molar-refractivity contribution in [3.05, 3.63) is 117 Å². The molecule has 0 saturated carbocycles. The Morgan fingerprint density at radius 1 is 0.913 bits per heavy atom. The van der Waals surface area contributed by atoms with Crippen molar-refractivity contribution in [2.75, 3.05) is 6.54 Å². The van der Waals surface area contributed by atoms with Gasteiger partial charge in [-0.2, -0.15) is 18.2 Å². The van der Waals surface area contributed by atoms with E-state index in [1.807, 2.05) is 31.2 Å². The smallest absolute Gasteiger partial charge is 0.337 e. The van der Waals surface area contributed by atoms with Crippen molar-refractivity contribution < 1.29 is 27.2 Å². The zero-order valence-electron chi connectivity index (χ0n) is 25.6. The van der Waals surface area contributed by atoms with Crippen LogP contribution in [0.2, 0.25) is 0 Å². The molecule has 11 heteroatoms. The molecule has 4 rings (SSSR count). The van der Waals surface area contributed by atoms with E-state index < -0.39 is 17.3 Å². The fourth-order valence-corrected chi connectivity index (χ4v) is 5.78. The van der Waals surface area contributed by atoms with E-state index in [0.717, 1.165) is 28.8 Å². The Morgan fingerprint density at radius 2 is 1.52 bits per heavy atom. The van der Waals surface area contributed by atoms with Gasteiger partial charge in [0, 0.05) is 37.0 Å². The van der Waals surface area contributed by atoms with Crippen molar-refractivity contribution >= 4 is 23.5 Å². The number of thioether (sulfide) groups is 1. The van der Waals surface area contributed by atoms with Crippen molar-refractivity contribution in [3.8, 4) is 11.1 Å². The molecule has 0 aliphatic rings. The SMILES string of the molecule is CCCN(Cc1ccc(-c2ccc(C(F)(F)F)cc2)cc1)C(=O)Cn1cc(CCCC(C)=O)c(=O)nc1SCc1ccc(F)cc1. The minimum absolute atomic E-state index is 0.0255. The summed E-state index contributed by atoms with van der Waals surface area (Å²) >= 11 is 1.27. The third kappa shape index (κ3) is 9.87. The van der Waals surface area contributed by atoms with Gasteiger partial charge in [-0.1, -0.05) is 67.2 Å². The van der Waals surface area contributed by atoms with E-state index in [4.69, 9.17) is 0 Å². The molecule has 0 fully saturated rings. The van der Waals surface area contributed by atoms with Crippen LogP contribution in [0.15, 0.2) is 88.9 Å². The normalized spacial score (nSPS) is 11.4. The number of hydrogen-bond donors (Lipinski definition) is 0. The van der Waals surface area contributed by atoms with Crippen LogP contribution in [0.1, 0.15) is 55.4 Å². The fourth-order valence-electron chi connectivity index (χ4n) is 4.86. The summed E-state index contributed by atoms with van der Waals surface area (Å²) in [4.78, 5) is 44.0. The number of halogens is 4. The van der Waals surface area contributed by atoms with E-state index in [1.54, 1.807) is 27.8 Å². The summed E-state index contributed by atoms with van der Waals surface area (Å²) in [5.74, 6) is -0.0985. The predicted octanol–water partition coefficient (Wildman–Crippen LogP) is 7.71. The maximum absolute atomic E-state index is 13.7. The molecule has 0 aliphatic heterocycles. The first-order valence-corrected chi connectivity index (χ1v) is 15.9. The molecule has 0 bridgehead atoms. The van der Waals surface area contributed by atoms with E-state index >= 15 is 0 Å². The van der Waals surface area contributed by atoms with Crippen LogP contribution in [-0.4, -0.2) is 32.7 Å². The molecular weight excluding hydrogens is 618 g/mol. The molecule has 0 unspecified atom stereocenters. The van der Waals surface area contributed by atoms with Crippen LogP contribution < -0.4 is 5.56 Å². The zero-order valence-corrected chi connectivity index (χ0v) is 26.5. The van der Waals surface area contributed by atoms with Crippen LogP contribution in [0.4, 0.5) is 17.6 Å². The standard InChI is InChI=1S/C35H35F4N3O3S/c1-3-19-41(20-25-7-11-27(12-8-25)28-13-15-30(16-14-28)35(37,38)39)32(44)22-42-21-29(6-4-5-24(2)43)33(45)40-34(42)46-23-26-9-17-31(36)18-10-26/h7-18,21H,3-6,19-20,22-23H2,1-2H3. The average Bonchev–Trinajstić information content (AvgIpc) is 3.02. The summed E-state index contributed by atoms with van der Waals surface area (Å²) in [6.45, 7) is 4.19. The molecule has 6 nitrogen and oxygen atoms in total. The Bertz CT molecular complexity index is 1690. The summed E-state index contributed by atoms with van der Waals surface area (Å²) < 4.78 is 53.9. The quantitative estimate of drug-likeness (QED) is 0.0792. The lowest BCUT2D eigenvalue weighted by Gasteiger charge is -2.24. The van der Waals surface area contributed by atoms with Gasteiger partial charge >= 0.3 is 6.18 Å². The van der Waals surface area contributed by atoms with E-state index in [1.165, 1.54) is 43.0 Å². The highest BCUT2D eigenvalue weighted by atomic mass is 32.2. The number of hydrogen-bond acceptors (Lipinski definition) is 5. The Labute approximate surface area is 269 Å². The molecular formula is C35H35F4N3O3S. The third-order valence-electron chi connectivity index (χ3n) is 7.31. The van der Waals surface area contributed by atoms with Crippen molar-refractivity contribution in [1.82, 2.24) is 14.5 Å². The highest BCUT2D eigenvalue weighted by molar-refractivity contribution is 7.98. The van der Waals surface area contributed by atoms with Gasteiger partial charge in [0.2, 0.25) is 5.91 Å². The average molecular weight is 654 g/mol. The molecule has 0 saturated heterocycles. The van der Waals surface area contributed by atoms with Crippen molar-refractivity contribution in [2.24, 2.45) is 0 Å². The topological polar surface area (TPSA) is 72.3 Å². The first-order valence-electron chi connectivity index (χ1n) is 14.9. The Morgan fingerprint density at radius 3 is 2.11 bits per heavy atom. The minimum atomic E-state index is -4.40. The molecule has 0 spiro atoms. The monoisotopic (exact) mass is 653 g/mol. The van der Waals surface area contributed by atoms with Crippen LogP contribution in [-0.2, 0) is 41.0 Å². The number of aromatic nitrogens is 2. The highest BCUT2D eigenvalue weighted by Gasteiger charge is 2.30. The first kappa shape index (κ1) is 34.6. The van der Waals surface area contributed by atoms with Crippen LogP contribution in [0.5, 0.6) is 0 Å². The van der Waals surface area contributed by atoms with Gasteiger partial charge in [0.15, 0.2) is 5.16 Å². The third-order valence-corrected chi connectivity index (χ3v) is 8.37. The molecule has 0 atom stereocenters. The molecule has 0 radical (unpaired) electrons. The lowest BCUT2D eigenvalue weighted by Crippen LogP contribution is -2.35. The maximum atomic E-state index is 13.7. The van der Waals surface area contributed by atoms with Gasteiger partial charge < -0.3 is 14.3 Å². The minimum Gasteiger partial charge on any atom is -0.337 e. The number of nitrogens with zero attached hydrogens (tertiary/aromatic N) is 3. The van der Waals surface area contributed by atoms with Crippen LogP contribution in [0.25, 0.3) is 11.1 Å². The van der Waals surface area contributed by atoms with E-state index in [-0.39, 0.29) is 24.1 Å². The van der Waals surface area contributed by atoms with Gasteiger partial charge in [-0.25, -0.2) is 4.39 Å². The fraction of sp³-hybridized carbons (Fsp3) is 0.314. The molecule has 3 aromatic carbocycles. The summed E-state index contributed by atoms with van der Waals surface area (Å²) in [5, 5.41) is 0.357. The molecule has 4 aromatic rings. The van der Waals surface area contributed by atoms with Gasteiger partial charge in [0.1, 0.15) is 18.1 Å². The van der Waals surface area contributed by atoms with E-state index in [9.17, 15) is 31.9 Å². The number of benzene rings is 3. The Hall–Kier alpha value is -4.25. The number of rotatable bonds is 14. The van der Waals surface area contributed by atoms with E-state index in [2.05, 4.69) is 4.98 Å². The van der Waals surface area contributed by atoms with Crippen LogP contribution >= 0.6 is 11.8 Å². The summed E-state index contributed by atoms with van der Waals surface area (Å²) in [5.41, 5.74) is 2.39. The Balaban J connectivity index is 1.52. The number of Topliss-reactive ketones (excluding diaryl/α,β-unsaturated/α-hetero) is 1. The molecule has 0 N–H and O–H groups in total. The summed E-state index contributed by atoms with van der Waals surface area (Å²) in [7, 11) is 0. The maximum Gasteiger partial charge on any atom is 0.416 e. The molecule has 1 heterocycles. The molecule has 1 amide bonds. The van der Waals surface area contributed by atoms with Crippen LogP contribution in [0.3, 0.4) is 0 Å². The summed E-state index contributed by atoms with van der Waals surface area (Å²) in [6, 6.07) is 18.3. The molecule has 242 valence electrons. The lowest BCUT2D eigenvalue weighted by molar-refractivity contribution is -0.137. The molecule has 1 aromatic heterocycles. The van der Waals surface area contributed by atoms with Crippen molar-refractivity contribution in [3.63, 3.8) is 0 Å². The largest absolute Gasteiger partial charge is 0.416 e. The molecule has 46 heavy (non-hydrogen) atoms. The zero-order chi connectivity index (χ0) is 33.3. The predicted molar refractivity (Wildman–Crippen MR) is 171 cm³/mol. The Kier molecular flexibility index (Phi) is 11.9. The highest BCUT2D eigenvalue weighted by Crippen LogP contribution is 2.31. The van der Waals surface area contributed by atoms with Gasteiger partial charge in [0.05, 0.1) is 5.56 Å². The van der Waals surface area contributed by atoms with Crippen LogP contribution in [0, 0.1) is 5.82 Å². The second kappa shape index (κ2) is 15.8. The number of aryl methyl sites for hydroxylation is 1. The van der Waals surface area contributed by atoms with Gasteiger partial charge in [0.25, 0.3) is 5.56 Å². The van der Waals surface area contributed by atoms with Crippen molar-refractivity contribution in [2.45, 2.75) is 69.7 Å².